The summed E-state index contributed by atoms with van der Waals surface area (Å²) >= 11 is 3.09. The van der Waals surface area contributed by atoms with Crippen LogP contribution in [0.25, 0.3) is 0 Å². The molecule has 1 atom stereocenters. The summed E-state index contributed by atoms with van der Waals surface area (Å²) in [5.41, 5.74) is 0.572. The number of nitrogens with one attached hydrogen (secondary N) is 2. The summed E-state index contributed by atoms with van der Waals surface area (Å²) in [7, 11) is 0. The molecule has 2 amide bonds. The Bertz CT molecular complexity index is 497. The first kappa shape index (κ1) is 16.4. The number of amides is 2. The highest BCUT2D eigenvalue weighted by molar-refractivity contribution is 9.10. The minimum absolute atomic E-state index is 0.0998. The summed E-state index contributed by atoms with van der Waals surface area (Å²) in [5, 5.41) is 13.8. The first-order chi connectivity index (χ1) is 9.45. The van der Waals surface area contributed by atoms with Crippen LogP contribution in [0.3, 0.4) is 0 Å². The number of carboxylic acids is 1. The second-order valence-electron chi connectivity index (χ2n) is 4.22. The van der Waals surface area contributed by atoms with Crippen LogP contribution in [0.4, 0.5) is 9.18 Å². The Morgan fingerprint density at radius 2 is 2.15 bits per heavy atom. The normalized spacial score (nSPS) is 11.8. The van der Waals surface area contributed by atoms with Crippen molar-refractivity contribution in [1.29, 1.82) is 0 Å². The SMILES string of the molecule is CCCC(NC(=O)NCc1cccc(F)c1Br)C(=O)O. The topological polar surface area (TPSA) is 78.4 Å². The molecule has 0 heterocycles. The van der Waals surface area contributed by atoms with Gasteiger partial charge in [0.1, 0.15) is 11.9 Å². The smallest absolute Gasteiger partial charge is 0.326 e. The molecule has 20 heavy (non-hydrogen) atoms. The molecule has 1 aromatic rings. The van der Waals surface area contributed by atoms with Crippen LogP contribution < -0.4 is 10.6 Å². The van der Waals surface area contributed by atoms with E-state index in [0.717, 1.165) is 0 Å². The molecule has 0 saturated heterocycles. The minimum Gasteiger partial charge on any atom is -0.480 e. The van der Waals surface area contributed by atoms with Crippen molar-refractivity contribution in [3.8, 4) is 0 Å². The predicted molar refractivity (Wildman–Crippen MR) is 75.8 cm³/mol. The summed E-state index contributed by atoms with van der Waals surface area (Å²) in [6, 6.07) is 2.98. The summed E-state index contributed by atoms with van der Waals surface area (Å²) < 4.78 is 13.5. The maximum Gasteiger partial charge on any atom is 0.326 e. The van der Waals surface area contributed by atoms with Crippen molar-refractivity contribution in [3.63, 3.8) is 0 Å². The molecule has 0 fully saturated rings. The van der Waals surface area contributed by atoms with Crippen molar-refractivity contribution in [2.45, 2.75) is 32.4 Å². The molecule has 110 valence electrons. The molecule has 1 aromatic carbocycles. The lowest BCUT2D eigenvalue weighted by Gasteiger charge is -2.14. The van der Waals surface area contributed by atoms with E-state index in [-0.39, 0.29) is 11.0 Å². The largest absolute Gasteiger partial charge is 0.480 e. The summed E-state index contributed by atoms with van der Waals surface area (Å²) in [4.78, 5) is 22.5. The Morgan fingerprint density at radius 3 is 2.75 bits per heavy atom. The summed E-state index contributed by atoms with van der Waals surface area (Å²) in [6.07, 6.45) is 0.999. The summed E-state index contributed by atoms with van der Waals surface area (Å²) in [6.45, 7) is 1.93. The zero-order valence-corrected chi connectivity index (χ0v) is 12.5. The number of carboxylic acid groups (broad SMARTS) is 1. The Kier molecular flexibility index (Phi) is 6.44. The number of hydrogen-bond donors (Lipinski definition) is 3. The molecule has 1 rings (SSSR count). The predicted octanol–water partition coefficient (Wildman–Crippen LogP) is 2.64. The zero-order chi connectivity index (χ0) is 15.1. The number of rotatable bonds is 6. The van der Waals surface area contributed by atoms with E-state index >= 15 is 0 Å². The van der Waals surface area contributed by atoms with Crippen molar-refractivity contribution in [2.75, 3.05) is 0 Å². The maximum absolute atomic E-state index is 13.3. The first-order valence-corrected chi connectivity index (χ1v) is 6.95. The fraction of sp³-hybridized carbons (Fsp3) is 0.385. The van der Waals surface area contributed by atoms with E-state index in [0.29, 0.717) is 18.4 Å². The molecular formula is C13H16BrFN2O3. The average Bonchev–Trinajstić information content (AvgIpc) is 2.40. The molecule has 0 radical (unpaired) electrons. The molecule has 0 bridgehead atoms. The Balaban J connectivity index is 2.54. The Hall–Kier alpha value is -1.63. The number of halogens is 2. The number of aliphatic carboxylic acids is 1. The average molecular weight is 347 g/mol. The minimum atomic E-state index is -1.08. The number of carbonyl (C=O) groups is 2. The second-order valence-corrected chi connectivity index (χ2v) is 5.01. The molecule has 0 aliphatic heterocycles. The third-order valence-electron chi connectivity index (χ3n) is 2.65. The second kappa shape index (κ2) is 7.84. The van der Waals surface area contributed by atoms with Crippen molar-refractivity contribution >= 4 is 27.9 Å². The summed E-state index contributed by atoms with van der Waals surface area (Å²) in [5.74, 6) is -1.49. The van der Waals surface area contributed by atoms with Gasteiger partial charge in [-0.3, -0.25) is 0 Å². The molecule has 7 heteroatoms. The van der Waals surface area contributed by atoms with Crippen LogP contribution in [-0.4, -0.2) is 23.1 Å². The zero-order valence-electron chi connectivity index (χ0n) is 11.0. The van der Waals surface area contributed by atoms with Gasteiger partial charge in [0.2, 0.25) is 0 Å². The molecule has 1 unspecified atom stereocenters. The van der Waals surface area contributed by atoms with Gasteiger partial charge in [0, 0.05) is 6.54 Å². The number of carbonyl (C=O) groups excluding carboxylic acids is 1. The van der Waals surface area contributed by atoms with Crippen molar-refractivity contribution in [2.24, 2.45) is 0 Å². The number of urea groups is 1. The van der Waals surface area contributed by atoms with Crippen LogP contribution in [0.1, 0.15) is 25.3 Å². The quantitative estimate of drug-likeness (QED) is 0.740. The van der Waals surface area contributed by atoms with Gasteiger partial charge in [0.05, 0.1) is 4.47 Å². The lowest BCUT2D eigenvalue weighted by molar-refractivity contribution is -0.139. The van der Waals surface area contributed by atoms with Gasteiger partial charge in [0.15, 0.2) is 0 Å². The van der Waals surface area contributed by atoms with Crippen molar-refractivity contribution in [1.82, 2.24) is 10.6 Å². The van der Waals surface area contributed by atoms with Gasteiger partial charge in [-0.05, 0) is 34.0 Å². The highest BCUT2D eigenvalue weighted by atomic mass is 79.9. The van der Waals surface area contributed by atoms with Gasteiger partial charge < -0.3 is 15.7 Å². The highest BCUT2D eigenvalue weighted by Crippen LogP contribution is 2.19. The van der Waals surface area contributed by atoms with Crippen LogP contribution >= 0.6 is 15.9 Å². The maximum atomic E-state index is 13.3. The van der Waals surface area contributed by atoms with Crippen LogP contribution in [0.2, 0.25) is 0 Å². The third-order valence-corrected chi connectivity index (χ3v) is 3.54. The van der Waals surface area contributed by atoms with E-state index in [1.54, 1.807) is 6.07 Å². The van der Waals surface area contributed by atoms with Gasteiger partial charge in [-0.2, -0.15) is 0 Å². The van der Waals surface area contributed by atoms with E-state index in [4.69, 9.17) is 5.11 Å². The Morgan fingerprint density at radius 1 is 1.45 bits per heavy atom. The van der Waals surface area contributed by atoms with E-state index in [9.17, 15) is 14.0 Å². The molecule has 0 aromatic heterocycles. The van der Waals surface area contributed by atoms with Gasteiger partial charge >= 0.3 is 12.0 Å². The van der Waals surface area contributed by atoms with Crippen LogP contribution in [0.5, 0.6) is 0 Å². The first-order valence-electron chi connectivity index (χ1n) is 6.15. The van der Waals surface area contributed by atoms with Gasteiger partial charge in [-0.15, -0.1) is 0 Å². The van der Waals surface area contributed by atoms with E-state index in [1.165, 1.54) is 12.1 Å². The molecular weight excluding hydrogens is 331 g/mol. The Labute approximate surface area is 124 Å². The molecule has 5 nitrogen and oxygen atoms in total. The fourth-order valence-corrected chi connectivity index (χ4v) is 2.02. The van der Waals surface area contributed by atoms with Crippen LogP contribution in [0, 0.1) is 5.82 Å². The van der Waals surface area contributed by atoms with Crippen molar-refractivity contribution in [3.05, 3.63) is 34.1 Å². The molecule has 0 aliphatic rings. The number of benzene rings is 1. The molecule has 0 spiro atoms. The van der Waals surface area contributed by atoms with E-state index in [1.807, 2.05) is 6.92 Å². The molecule has 0 saturated carbocycles. The number of hydrogen-bond acceptors (Lipinski definition) is 2. The van der Waals surface area contributed by atoms with E-state index < -0.39 is 23.9 Å². The lowest BCUT2D eigenvalue weighted by Crippen LogP contribution is -2.45. The molecule has 0 aliphatic carbocycles. The molecule has 3 N–H and O–H groups in total. The van der Waals surface area contributed by atoms with Crippen LogP contribution in [0.15, 0.2) is 22.7 Å². The van der Waals surface area contributed by atoms with Gasteiger partial charge in [-0.25, -0.2) is 14.0 Å². The fourth-order valence-electron chi connectivity index (χ4n) is 1.62. The highest BCUT2D eigenvalue weighted by Gasteiger charge is 2.18. The van der Waals surface area contributed by atoms with Crippen molar-refractivity contribution < 1.29 is 19.1 Å². The monoisotopic (exact) mass is 346 g/mol. The third kappa shape index (κ3) is 4.80. The standard InChI is InChI=1S/C13H16BrFN2O3/c1-2-4-10(12(18)19)17-13(20)16-7-8-5-3-6-9(15)11(8)14/h3,5-6,10H,2,4,7H2,1H3,(H,18,19)(H2,16,17,20). The van der Waals surface area contributed by atoms with Crippen LogP contribution in [-0.2, 0) is 11.3 Å². The van der Waals surface area contributed by atoms with Gasteiger partial charge in [0.25, 0.3) is 0 Å². The van der Waals surface area contributed by atoms with E-state index in [2.05, 4.69) is 26.6 Å². The van der Waals surface area contributed by atoms with Gasteiger partial charge in [-0.1, -0.05) is 25.5 Å². The lowest BCUT2D eigenvalue weighted by atomic mass is 10.2.